The summed E-state index contributed by atoms with van der Waals surface area (Å²) in [6.45, 7) is 3.15. The third kappa shape index (κ3) is 21.7. The number of phosphoric acid groups is 1. The fraction of sp³-hybridized carbons (Fsp3) is 0.611. The summed E-state index contributed by atoms with van der Waals surface area (Å²) in [5, 5.41) is 2.90. The number of rotatable bonds is 28. The molecule has 0 bridgehead atoms. The van der Waals surface area contributed by atoms with Gasteiger partial charge in [0.2, 0.25) is 5.91 Å². The van der Waals surface area contributed by atoms with Crippen molar-refractivity contribution in [1.82, 2.24) is 10.3 Å². The number of phosphoric ester groups is 1. The van der Waals surface area contributed by atoms with E-state index in [1.54, 1.807) is 19.4 Å². The lowest BCUT2D eigenvalue weighted by atomic mass is 10.1. The lowest BCUT2D eigenvalue weighted by molar-refractivity contribution is -0.122. The second-order valence-corrected chi connectivity index (χ2v) is 13.1. The minimum Gasteiger partial charge on any atom is -0.491 e. The van der Waals surface area contributed by atoms with Crippen LogP contribution in [0.15, 0.2) is 54.7 Å². The Morgan fingerprint density at radius 3 is 2.19 bits per heavy atom. The monoisotopic (exact) mass is 676 g/mol. The molecule has 0 aliphatic heterocycles. The fourth-order valence-corrected chi connectivity index (χ4v) is 5.40. The van der Waals surface area contributed by atoms with Gasteiger partial charge in [-0.3, -0.25) is 14.3 Å². The first-order valence-corrected chi connectivity index (χ1v) is 18.7. The predicted molar refractivity (Wildman–Crippen MR) is 185 cm³/mol. The van der Waals surface area contributed by atoms with Crippen molar-refractivity contribution in [3.63, 3.8) is 0 Å². The number of hydrogen-bond donors (Lipinski definition) is 3. The van der Waals surface area contributed by atoms with Crippen molar-refractivity contribution >= 4 is 13.7 Å². The van der Waals surface area contributed by atoms with Gasteiger partial charge in [-0.1, -0.05) is 82.6 Å². The van der Waals surface area contributed by atoms with Gasteiger partial charge in [-0.15, -0.1) is 0 Å². The number of hydrogen-bond acceptors (Lipinski definition) is 7. The molecule has 2 rings (SSSR count). The standard InChI is InChI=1S/C36H57N2O8P/c1-3-4-5-6-7-8-9-10-11-12-13-14-15-16-17-18-36(39)38-33(30-46-47(40,41)42)27-31-19-21-34(22-20-31)45-29-32-28-35(23-24-37-32)44-26-25-43-2/h10-11,19-24,28,33H,3-9,12-18,25-27,29-30H2,1-2H3,(H,38,39)(H2,40,41,42)/b11-10-/t33-/m1/s1. The van der Waals surface area contributed by atoms with Crippen LogP contribution < -0.4 is 14.8 Å². The number of allylic oxidation sites excluding steroid dienone is 2. The van der Waals surface area contributed by atoms with Gasteiger partial charge in [0.15, 0.2) is 0 Å². The minimum absolute atomic E-state index is 0.150. The Bertz CT molecular complexity index is 1170. The minimum atomic E-state index is -4.68. The highest BCUT2D eigenvalue weighted by Gasteiger charge is 2.20. The molecule has 3 N–H and O–H groups in total. The van der Waals surface area contributed by atoms with Crippen LogP contribution in [0.25, 0.3) is 0 Å². The second kappa shape index (κ2) is 25.3. The van der Waals surface area contributed by atoms with Crippen molar-refractivity contribution in [3.05, 3.63) is 66.0 Å². The maximum absolute atomic E-state index is 12.7. The van der Waals surface area contributed by atoms with Crippen LogP contribution in [-0.4, -0.2) is 53.7 Å². The lowest BCUT2D eigenvalue weighted by Gasteiger charge is -2.19. The summed E-state index contributed by atoms with van der Waals surface area (Å²) >= 11 is 0. The summed E-state index contributed by atoms with van der Waals surface area (Å²) in [5.74, 6) is 1.18. The number of nitrogens with one attached hydrogen (secondary N) is 1. The van der Waals surface area contributed by atoms with E-state index in [4.69, 9.17) is 18.7 Å². The van der Waals surface area contributed by atoms with Crippen LogP contribution >= 0.6 is 7.82 Å². The number of carbonyl (C=O) groups is 1. The van der Waals surface area contributed by atoms with Crippen LogP contribution in [0.4, 0.5) is 0 Å². The van der Waals surface area contributed by atoms with E-state index in [1.165, 1.54) is 51.4 Å². The summed E-state index contributed by atoms with van der Waals surface area (Å²) < 4.78 is 32.6. The first-order valence-electron chi connectivity index (χ1n) is 17.2. The number of carbonyl (C=O) groups excluding carboxylic acids is 1. The largest absolute Gasteiger partial charge is 0.491 e. The van der Waals surface area contributed by atoms with Crippen molar-refractivity contribution in [2.24, 2.45) is 0 Å². The summed E-state index contributed by atoms with van der Waals surface area (Å²) in [7, 11) is -3.06. The van der Waals surface area contributed by atoms with Crippen molar-refractivity contribution in [1.29, 1.82) is 0 Å². The zero-order chi connectivity index (χ0) is 34.0. The van der Waals surface area contributed by atoms with E-state index in [-0.39, 0.29) is 19.1 Å². The Labute approximate surface area is 281 Å². The molecule has 0 aliphatic carbocycles. The van der Waals surface area contributed by atoms with E-state index in [0.29, 0.717) is 43.2 Å². The number of ether oxygens (including phenoxy) is 3. The molecule has 0 unspecified atom stereocenters. The summed E-state index contributed by atoms with van der Waals surface area (Å²) in [5.41, 5.74) is 1.58. The molecule has 264 valence electrons. The number of aromatic nitrogens is 1. The summed E-state index contributed by atoms with van der Waals surface area (Å²) in [6, 6.07) is 10.3. The van der Waals surface area contributed by atoms with Gasteiger partial charge < -0.3 is 29.3 Å². The quantitative estimate of drug-likeness (QED) is 0.0467. The molecule has 1 atom stereocenters. The van der Waals surface area contributed by atoms with Crippen molar-refractivity contribution in [3.8, 4) is 11.5 Å². The molecule has 1 aromatic heterocycles. The van der Waals surface area contributed by atoms with Gasteiger partial charge in [0.1, 0.15) is 24.7 Å². The highest BCUT2D eigenvalue weighted by molar-refractivity contribution is 7.46. The van der Waals surface area contributed by atoms with Gasteiger partial charge in [0, 0.05) is 25.8 Å². The molecule has 47 heavy (non-hydrogen) atoms. The number of benzene rings is 1. The summed E-state index contributed by atoms with van der Waals surface area (Å²) in [6.07, 6.45) is 22.4. The summed E-state index contributed by atoms with van der Waals surface area (Å²) in [4.78, 5) is 35.4. The molecule has 0 radical (unpaired) electrons. The van der Waals surface area contributed by atoms with E-state index in [1.807, 2.05) is 30.3 Å². The molecule has 11 heteroatoms. The molecule has 0 aliphatic rings. The molecule has 0 saturated heterocycles. The van der Waals surface area contributed by atoms with Crippen LogP contribution in [0, 0.1) is 0 Å². The Morgan fingerprint density at radius 2 is 1.53 bits per heavy atom. The molecule has 0 fully saturated rings. The van der Waals surface area contributed by atoms with Crippen LogP contribution in [-0.2, 0) is 31.6 Å². The zero-order valence-electron chi connectivity index (χ0n) is 28.4. The Kier molecular flexibility index (Phi) is 21.8. The third-order valence-corrected chi connectivity index (χ3v) is 8.10. The van der Waals surface area contributed by atoms with Gasteiger partial charge >= 0.3 is 7.82 Å². The predicted octanol–water partition coefficient (Wildman–Crippen LogP) is 7.86. The SMILES string of the molecule is CCCCCCCC/C=C\CCCCCCCC(=O)N[C@@H](COP(=O)(O)O)Cc1ccc(OCc2cc(OCCOC)ccn2)cc1. The van der Waals surface area contributed by atoms with Gasteiger partial charge in [-0.2, -0.15) is 0 Å². The first-order chi connectivity index (χ1) is 22.8. The highest BCUT2D eigenvalue weighted by atomic mass is 31.2. The molecule has 1 amide bonds. The van der Waals surface area contributed by atoms with E-state index >= 15 is 0 Å². The average molecular weight is 677 g/mol. The molecule has 0 saturated carbocycles. The number of unbranched alkanes of at least 4 members (excludes halogenated alkanes) is 11. The zero-order valence-corrected chi connectivity index (χ0v) is 29.3. The van der Waals surface area contributed by atoms with Gasteiger partial charge in [-0.25, -0.2) is 4.57 Å². The second-order valence-electron chi connectivity index (χ2n) is 11.8. The average Bonchev–Trinajstić information content (AvgIpc) is 3.05. The molecule has 2 aromatic rings. The molecule has 1 aromatic carbocycles. The normalized spacial score (nSPS) is 12.3. The maximum atomic E-state index is 12.7. The molecule has 10 nitrogen and oxygen atoms in total. The molecular formula is C36H57N2O8P. The van der Waals surface area contributed by atoms with Crippen molar-refractivity contribution in [2.75, 3.05) is 26.9 Å². The van der Waals surface area contributed by atoms with E-state index in [9.17, 15) is 19.1 Å². The van der Waals surface area contributed by atoms with E-state index < -0.39 is 13.9 Å². The maximum Gasteiger partial charge on any atom is 0.469 e. The van der Waals surface area contributed by atoms with Gasteiger partial charge in [-0.05, 0) is 62.3 Å². The Morgan fingerprint density at radius 1 is 0.872 bits per heavy atom. The first kappa shape index (κ1) is 40.4. The molecular weight excluding hydrogens is 619 g/mol. The van der Waals surface area contributed by atoms with Crippen molar-refractivity contribution in [2.45, 2.75) is 116 Å². The smallest absolute Gasteiger partial charge is 0.469 e. The number of methoxy groups -OCH3 is 1. The molecule has 0 spiro atoms. The van der Waals surface area contributed by atoms with Gasteiger partial charge in [0.25, 0.3) is 0 Å². The lowest BCUT2D eigenvalue weighted by Crippen LogP contribution is -2.39. The molecule has 1 heterocycles. The number of pyridine rings is 1. The fourth-order valence-electron chi connectivity index (χ4n) is 5.03. The Balaban J connectivity index is 1.69. The topological polar surface area (TPSA) is 136 Å². The van der Waals surface area contributed by atoms with Crippen LogP contribution in [0.5, 0.6) is 11.5 Å². The van der Waals surface area contributed by atoms with E-state index in [0.717, 1.165) is 37.7 Å². The van der Waals surface area contributed by atoms with Gasteiger partial charge in [0.05, 0.1) is 24.9 Å². The van der Waals surface area contributed by atoms with Crippen LogP contribution in [0.3, 0.4) is 0 Å². The van der Waals surface area contributed by atoms with Crippen LogP contribution in [0.1, 0.15) is 108 Å². The van der Waals surface area contributed by atoms with Crippen molar-refractivity contribution < 1.29 is 37.9 Å². The highest BCUT2D eigenvalue weighted by Crippen LogP contribution is 2.35. The third-order valence-electron chi connectivity index (χ3n) is 7.61. The Hall–Kier alpha value is -2.75. The van der Waals surface area contributed by atoms with Crippen LogP contribution in [0.2, 0.25) is 0 Å². The van der Waals surface area contributed by atoms with E-state index in [2.05, 4.69) is 29.4 Å². The number of amides is 1. The number of nitrogens with zero attached hydrogens (tertiary/aromatic N) is 1.